The maximum Gasteiger partial charge on any atom is 0.243 e. The molecule has 31 heavy (non-hydrogen) atoms. The van der Waals surface area contributed by atoms with Crippen LogP contribution in [0.2, 0.25) is 0 Å². The summed E-state index contributed by atoms with van der Waals surface area (Å²) in [5, 5.41) is 1.61. The Morgan fingerprint density at radius 3 is 2.52 bits per heavy atom. The summed E-state index contributed by atoms with van der Waals surface area (Å²) < 4.78 is 64.4. The Morgan fingerprint density at radius 1 is 1.10 bits per heavy atom. The molecule has 0 radical (unpaired) electrons. The Morgan fingerprint density at radius 2 is 1.84 bits per heavy atom. The molecule has 1 heterocycles. The molecule has 164 valence electrons. The van der Waals surface area contributed by atoms with Crippen LogP contribution in [0.5, 0.6) is 17.4 Å². The summed E-state index contributed by atoms with van der Waals surface area (Å²) in [7, 11) is -2.10. The first kappa shape index (κ1) is 22.2. The minimum absolute atomic E-state index is 0.112. The minimum Gasteiger partial charge on any atom is -0.479 e. The van der Waals surface area contributed by atoms with Crippen molar-refractivity contribution in [3.63, 3.8) is 0 Å². The van der Waals surface area contributed by atoms with E-state index < -0.39 is 21.7 Å². The van der Waals surface area contributed by atoms with E-state index in [4.69, 9.17) is 15.2 Å². The summed E-state index contributed by atoms with van der Waals surface area (Å²) in [6.07, 6.45) is 1.49. The third-order valence-electron chi connectivity index (χ3n) is 4.27. The molecule has 2 aromatic carbocycles. The molecule has 0 atom stereocenters. The maximum absolute atomic E-state index is 14.1. The van der Waals surface area contributed by atoms with Gasteiger partial charge < -0.3 is 15.2 Å². The number of rotatable bonds is 8. The summed E-state index contributed by atoms with van der Waals surface area (Å²) in [4.78, 5) is 4.01. The van der Waals surface area contributed by atoms with Gasteiger partial charge in [0.25, 0.3) is 0 Å². The third-order valence-corrected chi connectivity index (χ3v) is 5.58. The van der Waals surface area contributed by atoms with Crippen molar-refractivity contribution in [2.24, 2.45) is 0 Å². The molecule has 0 bridgehead atoms. The van der Waals surface area contributed by atoms with Crippen molar-refractivity contribution in [1.82, 2.24) is 4.98 Å². The van der Waals surface area contributed by atoms with Crippen LogP contribution in [0.25, 0.3) is 0 Å². The molecule has 11 heteroatoms. The van der Waals surface area contributed by atoms with Crippen molar-refractivity contribution in [2.75, 3.05) is 23.3 Å². The molecule has 0 amide bonds. The van der Waals surface area contributed by atoms with Gasteiger partial charge in [0.15, 0.2) is 34.4 Å². The molecule has 0 saturated heterocycles. The van der Waals surface area contributed by atoms with E-state index in [-0.39, 0.29) is 34.5 Å². The fourth-order valence-corrected chi connectivity index (χ4v) is 3.30. The second-order valence-corrected chi connectivity index (χ2v) is 8.41. The lowest BCUT2D eigenvalue weighted by Crippen LogP contribution is -2.71. The molecule has 0 saturated carbocycles. The van der Waals surface area contributed by atoms with Crippen molar-refractivity contribution in [2.45, 2.75) is 6.92 Å². The Hall–Kier alpha value is -3.44. The normalized spacial score (nSPS) is 11.2. The zero-order chi connectivity index (χ0) is 22.6. The smallest absolute Gasteiger partial charge is 0.243 e. The van der Waals surface area contributed by atoms with Gasteiger partial charge in [0.2, 0.25) is 15.9 Å². The number of aromatic nitrogens is 1. The lowest BCUT2D eigenvalue weighted by atomic mass is 10.2. The van der Waals surface area contributed by atoms with Crippen LogP contribution in [0.3, 0.4) is 0 Å². The van der Waals surface area contributed by atoms with E-state index in [9.17, 15) is 17.2 Å². The fraction of sp³-hybridized carbons (Fsp3) is 0.150. The molecule has 0 aliphatic rings. The predicted molar refractivity (Wildman–Crippen MR) is 112 cm³/mol. The Bertz CT molecular complexity index is 1210. The molecule has 0 aliphatic heterocycles. The number of nitrogens with one attached hydrogen (secondary N) is 1. The van der Waals surface area contributed by atoms with Gasteiger partial charge in [-0.3, -0.25) is 10.0 Å². The predicted octanol–water partition coefficient (Wildman–Crippen LogP) is 3.03. The number of pyridine rings is 1. The lowest BCUT2D eigenvalue weighted by Gasteiger charge is -2.14. The first-order valence-electron chi connectivity index (χ1n) is 9.13. The highest BCUT2D eigenvalue weighted by Crippen LogP contribution is 2.33. The Kier molecular flexibility index (Phi) is 6.56. The molecule has 1 aromatic heterocycles. The van der Waals surface area contributed by atoms with Crippen LogP contribution >= 0.6 is 0 Å². The van der Waals surface area contributed by atoms with Crippen LogP contribution in [-0.2, 0) is 10.0 Å². The first-order valence-corrected chi connectivity index (χ1v) is 10.8. The van der Waals surface area contributed by atoms with Gasteiger partial charge >= 0.3 is 0 Å². The second-order valence-electron chi connectivity index (χ2n) is 6.40. The topological polar surface area (TPSA) is 120 Å². The van der Waals surface area contributed by atoms with E-state index >= 15 is 0 Å². The lowest BCUT2D eigenvalue weighted by molar-refractivity contribution is -0.478. The molecule has 0 aliphatic carbocycles. The number of methoxy groups -OCH3 is 1. The maximum atomic E-state index is 14.1. The average Bonchev–Trinajstić information content (AvgIpc) is 2.73. The number of anilines is 2. The average molecular weight is 451 g/mol. The molecule has 0 fully saturated rings. The summed E-state index contributed by atoms with van der Waals surface area (Å²) in [5.41, 5.74) is 7.51. The number of quaternary nitrogens is 1. The van der Waals surface area contributed by atoms with Crippen LogP contribution in [0, 0.1) is 11.6 Å². The molecular formula is C20H21F2N4O4S+. The highest BCUT2D eigenvalue weighted by Gasteiger charge is 2.18. The van der Waals surface area contributed by atoms with E-state index in [1.165, 1.54) is 38.4 Å². The first-order chi connectivity index (χ1) is 14.7. The molecule has 3 aromatic rings. The summed E-state index contributed by atoms with van der Waals surface area (Å²) in [6, 6.07) is 9.01. The number of hydrogen-bond donors (Lipinski definition) is 3. The van der Waals surface area contributed by atoms with Gasteiger partial charge in [0.1, 0.15) is 5.82 Å². The number of sulfonamides is 1. The van der Waals surface area contributed by atoms with Gasteiger partial charge in [-0.05, 0) is 31.2 Å². The molecule has 0 unspecified atom stereocenters. The van der Waals surface area contributed by atoms with Gasteiger partial charge in [0.05, 0.1) is 18.6 Å². The SMILES string of the molecule is CCS(=O)(=O)Nc1ccc(Oc2ccc(F)cc2F)c([NH2+]c2ccnc(OC)c2N)c1. The van der Waals surface area contributed by atoms with Crippen molar-refractivity contribution >= 4 is 32.8 Å². The zero-order valence-corrected chi connectivity index (χ0v) is 17.5. The van der Waals surface area contributed by atoms with Crippen molar-refractivity contribution in [3.05, 3.63) is 60.3 Å². The van der Waals surface area contributed by atoms with Crippen molar-refractivity contribution < 1.29 is 32.0 Å². The minimum atomic E-state index is -3.53. The van der Waals surface area contributed by atoms with E-state index in [0.717, 1.165) is 12.1 Å². The highest BCUT2D eigenvalue weighted by atomic mass is 32.2. The van der Waals surface area contributed by atoms with Crippen LogP contribution in [0.4, 0.5) is 31.5 Å². The number of benzene rings is 2. The molecule has 0 spiro atoms. The van der Waals surface area contributed by atoms with E-state index in [1.807, 2.05) is 0 Å². The van der Waals surface area contributed by atoms with Gasteiger partial charge in [0, 0.05) is 24.4 Å². The monoisotopic (exact) mass is 451 g/mol. The summed E-state index contributed by atoms with van der Waals surface area (Å²) in [5.74, 6) is -1.52. The van der Waals surface area contributed by atoms with Crippen LogP contribution < -0.4 is 25.2 Å². The van der Waals surface area contributed by atoms with Crippen LogP contribution in [-0.4, -0.2) is 26.3 Å². The molecule has 5 N–H and O–H groups in total. The van der Waals surface area contributed by atoms with Gasteiger partial charge in [-0.1, -0.05) is 0 Å². The van der Waals surface area contributed by atoms with E-state index in [2.05, 4.69) is 9.71 Å². The molecule has 8 nitrogen and oxygen atoms in total. The number of nitrogen functional groups attached to an aromatic ring is 1. The molecular weight excluding hydrogens is 430 g/mol. The van der Waals surface area contributed by atoms with Gasteiger partial charge in [-0.25, -0.2) is 22.2 Å². The van der Waals surface area contributed by atoms with Crippen molar-refractivity contribution in [1.29, 1.82) is 0 Å². The van der Waals surface area contributed by atoms with Crippen molar-refractivity contribution in [3.8, 4) is 17.4 Å². The van der Waals surface area contributed by atoms with Crippen LogP contribution in [0.15, 0.2) is 48.7 Å². The summed E-state index contributed by atoms with van der Waals surface area (Å²) >= 11 is 0. The standard InChI is InChI=1S/C20H20F2N4O4S/c1-3-31(27,28)26-13-5-7-18(30-17-6-4-12(21)10-14(17)22)16(11-13)25-15-8-9-24-20(29-2)19(15)23/h4-11,26H,3,23H2,1-2H3,(H,24,25)/p+1. The number of hydrogen-bond acceptors (Lipinski definition) is 6. The largest absolute Gasteiger partial charge is 0.479 e. The second kappa shape index (κ2) is 9.14. The quantitative estimate of drug-likeness (QED) is 0.453. The Balaban J connectivity index is 2.03. The fourth-order valence-electron chi connectivity index (χ4n) is 2.67. The molecule has 3 rings (SSSR count). The van der Waals surface area contributed by atoms with Gasteiger partial charge in [-0.2, -0.15) is 0 Å². The third kappa shape index (κ3) is 5.38. The van der Waals surface area contributed by atoms with E-state index in [1.54, 1.807) is 11.4 Å². The highest BCUT2D eigenvalue weighted by molar-refractivity contribution is 7.92. The Labute approximate surface area is 178 Å². The number of nitrogens with two attached hydrogens (primary N) is 2. The van der Waals surface area contributed by atoms with Gasteiger partial charge in [-0.15, -0.1) is 0 Å². The van der Waals surface area contributed by atoms with E-state index in [0.29, 0.717) is 17.4 Å². The number of ether oxygens (including phenoxy) is 2. The summed E-state index contributed by atoms with van der Waals surface area (Å²) in [6.45, 7) is 1.51. The number of halogens is 2. The number of nitrogens with zero attached hydrogens (tertiary/aromatic N) is 1. The van der Waals surface area contributed by atoms with Crippen LogP contribution in [0.1, 0.15) is 6.92 Å². The zero-order valence-electron chi connectivity index (χ0n) is 16.7.